The lowest BCUT2D eigenvalue weighted by Crippen LogP contribution is -2.14. The highest BCUT2D eigenvalue weighted by atomic mass is 127. The Balaban J connectivity index is 2.30. The Hall–Kier alpha value is -1.32. The summed E-state index contributed by atoms with van der Waals surface area (Å²) in [6.07, 6.45) is 0. The first-order valence-corrected chi connectivity index (χ1v) is 7.93. The number of hydrazine groups is 1. The minimum atomic E-state index is -3.58. The van der Waals surface area contributed by atoms with Crippen molar-refractivity contribution in [2.75, 3.05) is 10.1 Å². The number of hydrogen-bond acceptors (Lipinski definition) is 4. The van der Waals surface area contributed by atoms with Crippen LogP contribution in [0, 0.1) is 3.57 Å². The molecule has 2 rings (SSSR count). The predicted molar refractivity (Wildman–Crippen MR) is 84.2 cm³/mol. The van der Waals surface area contributed by atoms with Gasteiger partial charge in [-0.1, -0.05) is 12.1 Å². The van der Waals surface area contributed by atoms with Crippen LogP contribution in [-0.4, -0.2) is 8.42 Å². The van der Waals surface area contributed by atoms with E-state index in [9.17, 15) is 8.42 Å². The standard InChI is InChI=1S/C12H12IN3O2S/c13-11-3-1-2-4-12(11)16-19(17,18)10-7-5-9(15-14)6-8-10/h1-8,15-16H,14H2. The van der Waals surface area contributed by atoms with Crippen LogP contribution >= 0.6 is 22.6 Å². The van der Waals surface area contributed by atoms with E-state index in [1.165, 1.54) is 12.1 Å². The number of anilines is 2. The van der Waals surface area contributed by atoms with Crippen molar-refractivity contribution in [3.05, 3.63) is 52.1 Å². The molecule has 0 aromatic heterocycles. The lowest BCUT2D eigenvalue weighted by Gasteiger charge is -2.10. The van der Waals surface area contributed by atoms with Crippen LogP contribution < -0.4 is 16.0 Å². The van der Waals surface area contributed by atoms with Crippen LogP contribution in [0.3, 0.4) is 0 Å². The fourth-order valence-corrected chi connectivity index (χ4v) is 3.26. The number of nitrogens with two attached hydrogens (primary N) is 1. The monoisotopic (exact) mass is 389 g/mol. The molecule has 0 saturated carbocycles. The van der Waals surface area contributed by atoms with Gasteiger partial charge in [0, 0.05) is 9.26 Å². The Morgan fingerprint density at radius 3 is 2.21 bits per heavy atom. The maximum absolute atomic E-state index is 12.2. The molecule has 0 aliphatic heterocycles. The van der Waals surface area contributed by atoms with Crippen LogP contribution in [0.2, 0.25) is 0 Å². The van der Waals surface area contributed by atoms with Crippen molar-refractivity contribution in [1.29, 1.82) is 0 Å². The summed E-state index contributed by atoms with van der Waals surface area (Å²) in [7, 11) is -3.58. The van der Waals surface area contributed by atoms with Gasteiger partial charge in [-0.3, -0.25) is 10.6 Å². The van der Waals surface area contributed by atoms with Crippen LogP contribution in [0.25, 0.3) is 0 Å². The van der Waals surface area contributed by atoms with Crippen molar-refractivity contribution >= 4 is 44.0 Å². The molecule has 0 aliphatic rings. The predicted octanol–water partition coefficient (Wildman–Crippen LogP) is 2.38. The van der Waals surface area contributed by atoms with E-state index in [-0.39, 0.29) is 4.90 Å². The molecule has 4 N–H and O–H groups in total. The first-order chi connectivity index (χ1) is 9.03. The molecule has 0 heterocycles. The molecule has 0 bridgehead atoms. The molecule has 19 heavy (non-hydrogen) atoms. The molecule has 5 nitrogen and oxygen atoms in total. The fourth-order valence-electron chi connectivity index (χ4n) is 1.48. The number of hydrogen-bond donors (Lipinski definition) is 3. The number of nitrogens with one attached hydrogen (secondary N) is 2. The first kappa shape index (κ1) is 14.1. The Labute approximate surface area is 125 Å². The van der Waals surface area contributed by atoms with Crippen LogP contribution in [-0.2, 0) is 10.0 Å². The number of benzene rings is 2. The van der Waals surface area contributed by atoms with Crippen molar-refractivity contribution in [2.45, 2.75) is 4.90 Å². The summed E-state index contributed by atoms with van der Waals surface area (Å²) in [6.45, 7) is 0. The van der Waals surface area contributed by atoms with E-state index >= 15 is 0 Å². The maximum atomic E-state index is 12.2. The van der Waals surface area contributed by atoms with E-state index < -0.39 is 10.0 Å². The van der Waals surface area contributed by atoms with Gasteiger partial charge in [-0.2, -0.15) is 0 Å². The van der Waals surface area contributed by atoms with E-state index in [1.807, 2.05) is 12.1 Å². The second-order valence-electron chi connectivity index (χ2n) is 3.75. The summed E-state index contributed by atoms with van der Waals surface area (Å²) >= 11 is 2.08. The van der Waals surface area contributed by atoms with Crippen LogP contribution in [0.5, 0.6) is 0 Å². The van der Waals surface area contributed by atoms with Crippen LogP contribution in [0.15, 0.2) is 53.4 Å². The summed E-state index contributed by atoms with van der Waals surface area (Å²) in [4.78, 5) is 0.186. The van der Waals surface area contributed by atoms with Crippen molar-refractivity contribution in [1.82, 2.24) is 0 Å². The van der Waals surface area contributed by atoms with E-state index in [4.69, 9.17) is 5.84 Å². The van der Waals surface area contributed by atoms with Crippen LogP contribution in [0.4, 0.5) is 11.4 Å². The van der Waals surface area contributed by atoms with Gasteiger partial charge in [-0.25, -0.2) is 8.42 Å². The second kappa shape index (κ2) is 5.76. The summed E-state index contributed by atoms with van der Waals surface area (Å²) in [5.74, 6) is 5.24. The van der Waals surface area contributed by atoms with Gasteiger partial charge in [0.25, 0.3) is 10.0 Å². The smallest absolute Gasteiger partial charge is 0.261 e. The van der Waals surface area contributed by atoms with E-state index in [0.717, 1.165) is 3.57 Å². The summed E-state index contributed by atoms with van der Waals surface area (Å²) in [5.41, 5.74) is 3.65. The zero-order valence-corrected chi connectivity index (χ0v) is 12.8. The molecule has 0 spiro atoms. The highest BCUT2D eigenvalue weighted by molar-refractivity contribution is 14.1. The Morgan fingerprint density at radius 1 is 1.00 bits per heavy atom. The van der Waals surface area contributed by atoms with Crippen LogP contribution in [0.1, 0.15) is 0 Å². The quantitative estimate of drug-likeness (QED) is 0.426. The molecule has 2 aromatic rings. The summed E-state index contributed by atoms with van der Waals surface area (Å²) in [6, 6.07) is 13.4. The summed E-state index contributed by atoms with van der Waals surface area (Å²) in [5, 5.41) is 0. The van der Waals surface area contributed by atoms with Gasteiger partial charge in [0.2, 0.25) is 0 Å². The van der Waals surface area contributed by atoms with Crippen molar-refractivity contribution in [3.8, 4) is 0 Å². The van der Waals surface area contributed by atoms with Gasteiger partial charge in [-0.05, 0) is 59.0 Å². The SMILES string of the molecule is NNc1ccc(S(=O)(=O)Nc2ccccc2I)cc1. The number of halogens is 1. The van der Waals surface area contributed by atoms with Gasteiger partial charge in [-0.15, -0.1) is 0 Å². The first-order valence-electron chi connectivity index (χ1n) is 5.37. The maximum Gasteiger partial charge on any atom is 0.261 e. The molecule has 0 radical (unpaired) electrons. The normalized spacial score (nSPS) is 11.1. The summed E-state index contributed by atoms with van der Waals surface area (Å²) < 4.78 is 27.8. The number of nitrogen functional groups attached to an aromatic ring is 1. The zero-order valence-electron chi connectivity index (χ0n) is 9.80. The molecule has 0 unspecified atom stereocenters. The fraction of sp³-hybridized carbons (Fsp3) is 0. The number of para-hydroxylation sites is 1. The Bertz CT molecular complexity index is 672. The third kappa shape index (κ3) is 3.37. The molecule has 0 fully saturated rings. The third-order valence-electron chi connectivity index (χ3n) is 2.45. The van der Waals surface area contributed by atoms with E-state index in [2.05, 4.69) is 32.7 Å². The van der Waals surface area contributed by atoms with Gasteiger partial charge >= 0.3 is 0 Å². The van der Waals surface area contributed by atoms with Crippen molar-refractivity contribution in [2.24, 2.45) is 5.84 Å². The van der Waals surface area contributed by atoms with Gasteiger partial charge < -0.3 is 5.43 Å². The molecule has 0 atom stereocenters. The molecular formula is C12H12IN3O2S. The molecule has 7 heteroatoms. The molecule has 100 valence electrons. The largest absolute Gasteiger partial charge is 0.324 e. The lowest BCUT2D eigenvalue weighted by molar-refractivity contribution is 0.601. The number of sulfonamides is 1. The molecule has 0 aliphatic carbocycles. The average molecular weight is 389 g/mol. The lowest BCUT2D eigenvalue weighted by atomic mass is 10.3. The highest BCUT2D eigenvalue weighted by Crippen LogP contribution is 2.22. The minimum Gasteiger partial charge on any atom is -0.324 e. The van der Waals surface area contributed by atoms with Gasteiger partial charge in [0.15, 0.2) is 0 Å². The van der Waals surface area contributed by atoms with Crippen molar-refractivity contribution in [3.63, 3.8) is 0 Å². The third-order valence-corrected chi connectivity index (χ3v) is 4.77. The molecular weight excluding hydrogens is 377 g/mol. The van der Waals surface area contributed by atoms with E-state index in [1.54, 1.807) is 24.3 Å². The van der Waals surface area contributed by atoms with E-state index in [0.29, 0.717) is 11.4 Å². The molecule has 0 saturated heterocycles. The highest BCUT2D eigenvalue weighted by Gasteiger charge is 2.15. The average Bonchev–Trinajstić information content (AvgIpc) is 2.41. The topological polar surface area (TPSA) is 84.2 Å². The number of rotatable bonds is 4. The molecule has 0 amide bonds. The second-order valence-corrected chi connectivity index (χ2v) is 6.60. The molecule has 2 aromatic carbocycles. The minimum absolute atomic E-state index is 0.186. The zero-order chi connectivity index (χ0) is 13.9. The van der Waals surface area contributed by atoms with Gasteiger partial charge in [0.1, 0.15) is 0 Å². The Morgan fingerprint density at radius 2 is 1.63 bits per heavy atom. The van der Waals surface area contributed by atoms with Gasteiger partial charge in [0.05, 0.1) is 10.6 Å². The van der Waals surface area contributed by atoms with Crippen molar-refractivity contribution < 1.29 is 8.42 Å². The Kier molecular flexibility index (Phi) is 4.27.